The highest BCUT2D eigenvalue weighted by Gasteiger charge is 2.14. The molecule has 0 atom stereocenters. The number of thioether (sulfide) groups is 1. The van der Waals surface area contributed by atoms with Gasteiger partial charge in [0.05, 0.1) is 24.3 Å². The van der Waals surface area contributed by atoms with E-state index in [0.717, 1.165) is 16.4 Å². The van der Waals surface area contributed by atoms with E-state index in [1.54, 1.807) is 6.20 Å². The average Bonchev–Trinajstić information content (AvgIpc) is 2.91. The first-order valence-corrected chi connectivity index (χ1v) is 8.20. The molecule has 0 bridgehead atoms. The van der Waals surface area contributed by atoms with E-state index in [9.17, 15) is 4.79 Å². The molecule has 1 N–H and O–H groups in total. The number of rotatable bonds is 7. The second-order valence-electron chi connectivity index (χ2n) is 4.93. The summed E-state index contributed by atoms with van der Waals surface area (Å²) < 4.78 is 1.81. The van der Waals surface area contributed by atoms with Crippen molar-refractivity contribution < 1.29 is 9.90 Å². The van der Waals surface area contributed by atoms with Crippen molar-refractivity contribution in [2.24, 2.45) is 7.05 Å². The van der Waals surface area contributed by atoms with Crippen LogP contribution in [0.15, 0.2) is 41.7 Å². The Morgan fingerprint density at radius 3 is 2.68 bits per heavy atom. The molecule has 5 nitrogen and oxygen atoms in total. The minimum Gasteiger partial charge on any atom is -0.390 e. The number of amides is 1. The number of aliphatic hydroxyl groups excluding tert-OH is 1. The lowest BCUT2D eigenvalue weighted by atomic mass is 10.2. The number of aromatic nitrogens is 2. The van der Waals surface area contributed by atoms with Gasteiger partial charge in [0.25, 0.3) is 0 Å². The van der Waals surface area contributed by atoms with Gasteiger partial charge in [-0.2, -0.15) is 0 Å². The van der Waals surface area contributed by atoms with Crippen LogP contribution in [0.4, 0.5) is 0 Å². The maximum Gasteiger partial charge on any atom is 0.233 e. The van der Waals surface area contributed by atoms with E-state index in [4.69, 9.17) is 5.11 Å². The quantitative estimate of drug-likeness (QED) is 0.794. The third-order valence-electron chi connectivity index (χ3n) is 3.48. The zero-order chi connectivity index (χ0) is 15.9. The predicted octanol–water partition coefficient (Wildman–Crippen LogP) is 2.05. The van der Waals surface area contributed by atoms with Crippen LogP contribution in [0.1, 0.15) is 18.2 Å². The molecule has 1 aromatic heterocycles. The lowest BCUT2D eigenvalue weighted by molar-refractivity contribution is -0.128. The van der Waals surface area contributed by atoms with Gasteiger partial charge in [-0.25, -0.2) is 4.98 Å². The van der Waals surface area contributed by atoms with Gasteiger partial charge in [-0.1, -0.05) is 42.1 Å². The van der Waals surface area contributed by atoms with E-state index in [1.807, 2.05) is 53.8 Å². The van der Waals surface area contributed by atoms with Crippen LogP contribution in [0.3, 0.4) is 0 Å². The first-order chi connectivity index (χ1) is 10.7. The SMILES string of the molecule is CCN(Cc1ccccc1)C(=O)CSc1ncc(CO)n1C. The zero-order valence-electron chi connectivity index (χ0n) is 12.9. The van der Waals surface area contributed by atoms with E-state index in [-0.39, 0.29) is 12.5 Å². The largest absolute Gasteiger partial charge is 0.390 e. The summed E-state index contributed by atoms with van der Waals surface area (Å²) >= 11 is 1.40. The minimum atomic E-state index is -0.0485. The summed E-state index contributed by atoms with van der Waals surface area (Å²) in [5.74, 6) is 0.432. The monoisotopic (exact) mass is 319 g/mol. The number of hydrogen-bond acceptors (Lipinski definition) is 4. The fraction of sp³-hybridized carbons (Fsp3) is 0.375. The van der Waals surface area contributed by atoms with Gasteiger partial charge in [0.1, 0.15) is 0 Å². The van der Waals surface area contributed by atoms with Gasteiger partial charge in [0.2, 0.25) is 5.91 Å². The number of nitrogens with zero attached hydrogens (tertiary/aromatic N) is 3. The topological polar surface area (TPSA) is 58.4 Å². The number of hydrogen-bond donors (Lipinski definition) is 1. The summed E-state index contributed by atoms with van der Waals surface area (Å²) in [4.78, 5) is 18.4. The van der Waals surface area contributed by atoms with Gasteiger partial charge >= 0.3 is 0 Å². The third-order valence-corrected chi connectivity index (χ3v) is 4.51. The average molecular weight is 319 g/mol. The molecular weight excluding hydrogens is 298 g/mol. The molecule has 0 spiro atoms. The van der Waals surface area contributed by atoms with E-state index in [0.29, 0.717) is 18.8 Å². The van der Waals surface area contributed by atoms with Crippen molar-refractivity contribution in [3.63, 3.8) is 0 Å². The molecule has 2 aromatic rings. The molecule has 2 rings (SSSR count). The molecule has 0 aliphatic rings. The normalized spacial score (nSPS) is 10.7. The number of carbonyl (C=O) groups excluding carboxylic acids is 1. The minimum absolute atomic E-state index is 0.0485. The van der Waals surface area contributed by atoms with E-state index >= 15 is 0 Å². The van der Waals surface area contributed by atoms with Crippen molar-refractivity contribution in [3.8, 4) is 0 Å². The fourth-order valence-electron chi connectivity index (χ4n) is 2.10. The molecule has 118 valence electrons. The molecule has 1 heterocycles. The van der Waals surface area contributed by atoms with Gasteiger partial charge in [-0.15, -0.1) is 0 Å². The highest BCUT2D eigenvalue weighted by atomic mass is 32.2. The number of carbonyl (C=O) groups is 1. The molecule has 0 saturated carbocycles. The van der Waals surface area contributed by atoms with Crippen LogP contribution in [0.2, 0.25) is 0 Å². The second-order valence-corrected chi connectivity index (χ2v) is 5.87. The van der Waals surface area contributed by atoms with Crippen LogP contribution in [0, 0.1) is 0 Å². The number of benzene rings is 1. The van der Waals surface area contributed by atoms with Gasteiger partial charge in [-0.3, -0.25) is 4.79 Å². The smallest absolute Gasteiger partial charge is 0.233 e. The highest BCUT2D eigenvalue weighted by Crippen LogP contribution is 2.18. The summed E-state index contributed by atoms with van der Waals surface area (Å²) in [5, 5.41) is 9.90. The van der Waals surface area contributed by atoms with Crippen LogP contribution in [0.5, 0.6) is 0 Å². The molecule has 0 fully saturated rings. The third kappa shape index (κ3) is 4.11. The summed E-state index contributed by atoms with van der Waals surface area (Å²) in [7, 11) is 1.84. The first-order valence-electron chi connectivity index (χ1n) is 7.21. The maximum atomic E-state index is 12.4. The van der Waals surface area contributed by atoms with Crippen molar-refractivity contribution in [2.75, 3.05) is 12.3 Å². The Bertz CT molecular complexity index is 613. The van der Waals surface area contributed by atoms with Crippen molar-refractivity contribution in [2.45, 2.75) is 25.2 Å². The van der Waals surface area contributed by atoms with Crippen molar-refractivity contribution in [1.29, 1.82) is 0 Å². The Kier molecular flexibility index (Phi) is 6.03. The predicted molar refractivity (Wildman–Crippen MR) is 87.4 cm³/mol. The zero-order valence-corrected chi connectivity index (χ0v) is 13.7. The lowest BCUT2D eigenvalue weighted by Crippen LogP contribution is -2.31. The Balaban J connectivity index is 1.93. The number of imidazole rings is 1. The first kappa shape index (κ1) is 16.6. The van der Waals surface area contributed by atoms with Crippen molar-refractivity contribution >= 4 is 17.7 Å². The van der Waals surface area contributed by atoms with Crippen LogP contribution in [0.25, 0.3) is 0 Å². The van der Waals surface area contributed by atoms with Gasteiger partial charge in [0, 0.05) is 20.1 Å². The van der Waals surface area contributed by atoms with Crippen LogP contribution < -0.4 is 0 Å². The second kappa shape index (κ2) is 8.00. The summed E-state index contributed by atoms with van der Waals surface area (Å²) in [6.45, 7) is 3.24. The fourth-order valence-corrected chi connectivity index (χ4v) is 2.98. The van der Waals surface area contributed by atoms with Crippen LogP contribution >= 0.6 is 11.8 Å². The molecule has 0 unspecified atom stereocenters. The molecular formula is C16H21N3O2S. The van der Waals surface area contributed by atoms with E-state index in [1.165, 1.54) is 11.8 Å². The standard InChI is InChI=1S/C16H21N3O2S/c1-3-19(10-13-7-5-4-6-8-13)15(21)12-22-16-17-9-14(11-20)18(16)2/h4-9,20H,3,10-12H2,1-2H3. The Labute approximate surface area is 135 Å². The van der Waals surface area contributed by atoms with Gasteiger partial charge < -0.3 is 14.6 Å². The summed E-state index contributed by atoms with van der Waals surface area (Å²) in [5.41, 5.74) is 1.87. The Morgan fingerprint density at radius 1 is 1.36 bits per heavy atom. The molecule has 1 aromatic carbocycles. The maximum absolute atomic E-state index is 12.4. The summed E-state index contributed by atoms with van der Waals surface area (Å²) in [6, 6.07) is 9.97. The Hall–Kier alpha value is -1.79. The van der Waals surface area contributed by atoms with Crippen LogP contribution in [-0.4, -0.2) is 37.8 Å². The molecule has 0 saturated heterocycles. The van der Waals surface area contributed by atoms with E-state index in [2.05, 4.69) is 4.98 Å². The number of aliphatic hydroxyl groups is 1. The summed E-state index contributed by atoms with van der Waals surface area (Å²) in [6.07, 6.45) is 1.63. The van der Waals surface area contributed by atoms with Crippen LogP contribution in [-0.2, 0) is 25.0 Å². The molecule has 0 radical (unpaired) electrons. The Morgan fingerprint density at radius 2 is 2.09 bits per heavy atom. The van der Waals surface area contributed by atoms with Gasteiger partial charge in [0.15, 0.2) is 5.16 Å². The van der Waals surface area contributed by atoms with E-state index < -0.39 is 0 Å². The highest BCUT2D eigenvalue weighted by molar-refractivity contribution is 7.99. The van der Waals surface area contributed by atoms with Crippen molar-refractivity contribution in [3.05, 3.63) is 47.8 Å². The molecule has 0 aliphatic carbocycles. The molecule has 1 amide bonds. The lowest BCUT2D eigenvalue weighted by Gasteiger charge is -2.20. The van der Waals surface area contributed by atoms with Crippen molar-refractivity contribution in [1.82, 2.24) is 14.5 Å². The molecule has 0 aliphatic heterocycles. The van der Waals surface area contributed by atoms with Gasteiger partial charge in [-0.05, 0) is 12.5 Å². The molecule has 6 heteroatoms. The molecule has 22 heavy (non-hydrogen) atoms.